The van der Waals surface area contributed by atoms with E-state index >= 15 is 0 Å². The van der Waals surface area contributed by atoms with Crippen LogP contribution in [0.25, 0.3) is 0 Å². The molecule has 126 valence electrons. The van der Waals surface area contributed by atoms with Crippen LogP contribution in [-0.4, -0.2) is 24.6 Å². The minimum absolute atomic E-state index is 0.314. The van der Waals surface area contributed by atoms with E-state index in [2.05, 4.69) is 5.32 Å². The van der Waals surface area contributed by atoms with Gasteiger partial charge in [0.15, 0.2) is 12.7 Å². The predicted octanol–water partition coefficient (Wildman–Crippen LogP) is 3.94. The summed E-state index contributed by atoms with van der Waals surface area (Å²) in [6.45, 7) is 1.15. The van der Waals surface area contributed by atoms with Gasteiger partial charge in [-0.15, -0.1) is 0 Å². The molecule has 0 unspecified atom stereocenters. The van der Waals surface area contributed by atoms with Gasteiger partial charge in [-0.3, -0.25) is 4.79 Å². The van der Waals surface area contributed by atoms with Crippen LogP contribution in [0, 0.1) is 0 Å². The van der Waals surface area contributed by atoms with Gasteiger partial charge in [-0.25, -0.2) is 4.79 Å². The molecule has 0 bridgehead atoms. The highest BCUT2D eigenvalue weighted by Gasteiger charge is 2.19. The van der Waals surface area contributed by atoms with Crippen LogP contribution in [0.5, 0.6) is 5.75 Å². The van der Waals surface area contributed by atoms with E-state index < -0.39 is 18.0 Å². The van der Waals surface area contributed by atoms with Crippen molar-refractivity contribution in [2.24, 2.45) is 0 Å². The quantitative estimate of drug-likeness (QED) is 0.785. The Morgan fingerprint density at radius 1 is 1.08 bits per heavy atom. The molecule has 2 rings (SSSR count). The Labute approximate surface area is 149 Å². The van der Waals surface area contributed by atoms with Crippen LogP contribution in [0.4, 0.5) is 5.69 Å². The average molecular weight is 368 g/mol. The summed E-state index contributed by atoms with van der Waals surface area (Å²) in [5, 5.41) is 3.55. The molecule has 0 aromatic heterocycles. The van der Waals surface area contributed by atoms with Gasteiger partial charge in [0.05, 0.1) is 10.7 Å². The molecule has 0 saturated heterocycles. The third kappa shape index (κ3) is 5.44. The van der Waals surface area contributed by atoms with E-state index in [9.17, 15) is 9.59 Å². The van der Waals surface area contributed by atoms with Crippen molar-refractivity contribution < 1.29 is 19.1 Å². The van der Waals surface area contributed by atoms with Crippen molar-refractivity contribution in [3.63, 3.8) is 0 Å². The van der Waals surface area contributed by atoms with Crippen molar-refractivity contribution in [3.05, 3.63) is 58.6 Å². The van der Waals surface area contributed by atoms with Crippen LogP contribution in [0.15, 0.2) is 48.5 Å². The second-order valence-corrected chi connectivity index (χ2v) is 5.69. The summed E-state index contributed by atoms with van der Waals surface area (Å²) in [6.07, 6.45) is -0.984. The SMILES string of the molecule is C[C@H](OC(=O)COc1ccc(Cl)cc1)C(=O)Nc1ccccc1Cl. The third-order valence-corrected chi connectivity index (χ3v) is 3.56. The highest BCUT2D eigenvalue weighted by atomic mass is 35.5. The lowest BCUT2D eigenvalue weighted by atomic mass is 10.3. The minimum Gasteiger partial charge on any atom is -0.482 e. The number of para-hydroxylation sites is 1. The van der Waals surface area contributed by atoms with E-state index in [1.54, 1.807) is 48.5 Å². The zero-order valence-corrected chi connectivity index (χ0v) is 14.3. The number of halogens is 2. The fraction of sp³-hybridized carbons (Fsp3) is 0.176. The molecular weight excluding hydrogens is 353 g/mol. The first-order valence-corrected chi connectivity index (χ1v) is 7.84. The molecule has 0 aliphatic heterocycles. The average Bonchev–Trinajstić information content (AvgIpc) is 2.56. The van der Waals surface area contributed by atoms with Gasteiger partial charge < -0.3 is 14.8 Å². The van der Waals surface area contributed by atoms with E-state index in [1.807, 2.05) is 0 Å². The normalized spacial score (nSPS) is 11.5. The Morgan fingerprint density at radius 3 is 2.42 bits per heavy atom. The van der Waals surface area contributed by atoms with Crippen molar-refractivity contribution in [1.29, 1.82) is 0 Å². The molecule has 1 amide bonds. The largest absolute Gasteiger partial charge is 0.482 e. The first-order chi connectivity index (χ1) is 11.5. The van der Waals surface area contributed by atoms with Crippen molar-refractivity contribution >= 4 is 40.8 Å². The smallest absolute Gasteiger partial charge is 0.344 e. The first-order valence-electron chi connectivity index (χ1n) is 7.09. The summed E-state index contributed by atoms with van der Waals surface area (Å²) in [5.74, 6) is -0.667. The third-order valence-electron chi connectivity index (χ3n) is 2.98. The van der Waals surface area contributed by atoms with Crippen LogP contribution in [0.2, 0.25) is 10.0 Å². The maximum Gasteiger partial charge on any atom is 0.344 e. The van der Waals surface area contributed by atoms with E-state index in [0.29, 0.717) is 21.5 Å². The van der Waals surface area contributed by atoms with Gasteiger partial charge >= 0.3 is 5.97 Å². The van der Waals surface area contributed by atoms with Gasteiger partial charge in [-0.1, -0.05) is 35.3 Å². The summed E-state index contributed by atoms with van der Waals surface area (Å²) >= 11 is 11.7. The van der Waals surface area contributed by atoms with Crippen LogP contribution in [-0.2, 0) is 14.3 Å². The summed E-state index contributed by atoms with van der Waals surface area (Å²) < 4.78 is 10.3. The van der Waals surface area contributed by atoms with E-state index in [4.69, 9.17) is 32.7 Å². The topological polar surface area (TPSA) is 64.6 Å². The zero-order chi connectivity index (χ0) is 17.5. The molecule has 24 heavy (non-hydrogen) atoms. The van der Waals surface area contributed by atoms with Gasteiger partial charge in [0.25, 0.3) is 5.91 Å². The number of hydrogen-bond acceptors (Lipinski definition) is 4. The number of hydrogen-bond donors (Lipinski definition) is 1. The Kier molecular flexibility index (Phi) is 6.46. The number of carbonyl (C=O) groups is 2. The van der Waals surface area contributed by atoms with Crippen LogP contribution in [0.1, 0.15) is 6.92 Å². The molecule has 1 atom stereocenters. The van der Waals surface area contributed by atoms with Crippen molar-refractivity contribution in [1.82, 2.24) is 0 Å². The number of carbonyl (C=O) groups excluding carboxylic acids is 2. The first kappa shape index (κ1) is 18.1. The highest BCUT2D eigenvalue weighted by molar-refractivity contribution is 6.33. The summed E-state index contributed by atoms with van der Waals surface area (Å²) in [4.78, 5) is 23.7. The maximum atomic E-state index is 12.0. The van der Waals surface area contributed by atoms with E-state index in [1.165, 1.54) is 6.92 Å². The molecular formula is C17H15Cl2NO4. The molecule has 0 aliphatic carbocycles. The summed E-state index contributed by atoms with van der Waals surface area (Å²) in [7, 11) is 0. The van der Waals surface area contributed by atoms with Crippen LogP contribution in [0.3, 0.4) is 0 Å². The standard InChI is InChI=1S/C17H15Cl2NO4/c1-11(17(22)20-15-5-3-2-4-14(15)19)24-16(21)10-23-13-8-6-12(18)7-9-13/h2-9,11H,10H2,1H3,(H,20,22)/t11-/m0/s1. The maximum absolute atomic E-state index is 12.0. The molecule has 5 nitrogen and oxygen atoms in total. The molecule has 7 heteroatoms. The molecule has 2 aromatic carbocycles. The van der Waals surface area contributed by atoms with Crippen molar-refractivity contribution in [2.45, 2.75) is 13.0 Å². The molecule has 0 aliphatic rings. The fourth-order valence-corrected chi connectivity index (χ4v) is 2.06. The number of nitrogens with one attached hydrogen (secondary N) is 1. The number of benzene rings is 2. The van der Waals surface area contributed by atoms with Crippen molar-refractivity contribution in [3.8, 4) is 5.75 Å². The minimum atomic E-state index is -0.984. The number of esters is 1. The molecule has 2 aromatic rings. The fourth-order valence-electron chi connectivity index (χ4n) is 1.75. The number of anilines is 1. The molecule has 0 fully saturated rings. The molecule has 0 saturated carbocycles. The molecule has 0 spiro atoms. The van der Waals surface area contributed by atoms with Gasteiger partial charge in [0, 0.05) is 5.02 Å². The summed E-state index contributed by atoms with van der Waals surface area (Å²) in [5.41, 5.74) is 0.449. The van der Waals surface area contributed by atoms with E-state index in [0.717, 1.165) is 0 Å². The van der Waals surface area contributed by atoms with Gasteiger partial charge in [0.1, 0.15) is 5.75 Å². The number of amides is 1. The zero-order valence-electron chi connectivity index (χ0n) is 12.8. The second-order valence-electron chi connectivity index (χ2n) is 4.84. The Hall–Kier alpha value is -2.24. The van der Waals surface area contributed by atoms with Gasteiger partial charge in [-0.05, 0) is 43.3 Å². The van der Waals surface area contributed by atoms with Gasteiger partial charge in [0.2, 0.25) is 0 Å². The molecule has 0 heterocycles. The summed E-state index contributed by atoms with van der Waals surface area (Å²) in [6, 6.07) is 13.3. The van der Waals surface area contributed by atoms with Gasteiger partial charge in [-0.2, -0.15) is 0 Å². The van der Waals surface area contributed by atoms with Crippen LogP contribution < -0.4 is 10.1 Å². The Morgan fingerprint density at radius 2 is 1.75 bits per heavy atom. The lowest BCUT2D eigenvalue weighted by Crippen LogP contribution is -2.31. The number of rotatable bonds is 6. The highest BCUT2D eigenvalue weighted by Crippen LogP contribution is 2.20. The van der Waals surface area contributed by atoms with E-state index in [-0.39, 0.29) is 6.61 Å². The lowest BCUT2D eigenvalue weighted by molar-refractivity contribution is -0.155. The monoisotopic (exact) mass is 367 g/mol. The second kappa shape index (κ2) is 8.57. The molecule has 1 N–H and O–H groups in total. The Balaban J connectivity index is 1.81. The number of ether oxygens (including phenoxy) is 2. The Bertz CT molecular complexity index is 719. The lowest BCUT2D eigenvalue weighted by Gasteiger charge is -2.14. The van der Waals surface area contributed by atoms with Crippen molar-refractivity contribution in [2.75, 3.05) is 11.9 Å². The molecule has 0 radical (unpaired) electrons. The predicted molar refractivity (Wildman–Crippen MR) is 92.6 cm³/mol. The van der Waals surface area contributed by atoms with Crippen LogP contribution >= 0.6 is 23.2 Å².